The largest absolute Gasteiger partial charge is 0.369 e. The van der Waals surface area contributed by atoms with Gasteiger partial charge < -0.3 is 4.90 Å². The third-order valence-electron chi connectivity index (χ3n) is 2.45. The second-order valence-electron chi connectivity index (χ2n) is 3.80. The zero-order valence-corrected chi connectivity index (χ0v) is 10.2. The van der Waals surface area contributed by atoms with Crippen molar-refractivity contribution in [3.63, 3.8) is 0 Å². The van der Waals surface area contributed by atoms with Crippen LogP contribution in [0.2, 0.25) is 5.02 Å². The van der Waals surface area contributed by atoms with Gasteiger partial charge >= 0.3 is 0 Å². The van der Waals surface area contributed by atoms with Crippen molar-refractivity contribution in [1.82, 2.24) is 4.98 Å². The van der Waals surface area contributed by atoms with Crippen LogP contribution in [0.5, 0.6) is 0 Å². The Bertz CT molecular complexity index is 499. The average molecular weight is 251 g/mol. The van der Waals surface area contributed by atoms with Gasteiger partial charge in [0.15, 0.2) is 0 Å². The molecule has 0 radical (unpaired) electrons. The first-order chi connectivity index (χ1) is 8.15. The quantitative estimate of drug-likeness (QED) is 0.829. The predicted octanol–water partition coefficient (Wildman–Crippen LogP) is 3.51. The summed E-state index contributed by atoms with van der Waals surface area (Å²) in [5.41, 5.74) is 1.82. The van der Waals surface area contributed by atoms with Gasteiger partial charge in [0.05, 0.1) is 12.2 Å². The Morgan fingerprint density at radius 1 is 1.24 bits per heavy atom. The van der Waals surface area contributed by atoms with Gasteiger partial charge in [-0.1, -0.05) is 11.6 Å². The summed E-state index contributed by atoms with van der Waals surface area (Å²) in [6, 6.07) is 9.92. The maximum absolute atomic E-state index is 12.8. The first kappa shape index (κ1) is 11.9. The van der Waals surface area contributed by atoms with Crippen molar-refractivity contribution in [1.29, 1.82) is 0 Å². The van der Waals surface area contributed by atoms with Crippen molar-refractivity contribution < 1.29 is 4.39 Å². The summed E-state index contributed by atoms with van der Waals surface area (Å²) in [6.45, 7) is 0.631. The second kappa shape index (κ2) is 5.15. The van der Waals surface area contributed by atoms with Crippen LogP contribution in [-0.4, -0.2) is 12.0 Å². The lowest BCUT2D eigenvalue weighted by Crippen LogP contribution is -2.17. The summed E-state index contributed by atoms with van der Waals surface area (Å²) >= 11 is 5.89. The zero-order valence-electron chi connectivity index (χ0n) is 9.40. The van der Waals surface area contributed by atoms with Gasteiger partial charge in [-0.25, -0.2) is 4.39 Å². The molecule has 1 aromatic heterocycles. The third kappa shape index (κ3) is 3.17. The predicted molar refractivity (Wildman–Crippen MR) is 67.8 cm³/mol. The van der Waals surface area contributed by atoms with E-state index in [4.69, 9.17) is 11.6 Å². The normalized spacial score (nSPS) is 10.3. The van der Waals surface area contributed by atoms with E-state index in [2.05, 4.69) is 4.98 Å². The van der Waals surface area contributed by atoms with Crippen LogP contribution < -0.4 is 4.90 Å². The zero-order chi connectivity index (χ0) is 12.3. The number of benzene rings is 1. The van der Waals surface area contributed by atoms with Crippen LogP contribution >= 0.6 is 11.6 Å². The number of anilines is 1. The second-order valence-corrected chi connectivity index (χ2v) is 4.23. The lowest BCUT2D eigenvalue weighted by atomic mass is 10.2. The van der Waals surface area contributed by atoms with E-state index in [0.717, 1.165) is 11.4 Å². The lowest BCUT2D eigenvalue weighted by Gasteiger charge is -2.18. The molecule has 0 aliphatic rings. The highest BCUT2D eigenvalue weighted by molar-refractivity contribution is 6.30. The fourth-order valence-electron chi connectivity index (χ4n) is 1.57. The summed E-state index contributed by atoms with van der Waals surface area (Å²) in [4.78, 5) is 6.21. The number of hydrogen-bond donors (Lipinski definition) is 0. The number of pyridine rings is 1. The molecule has 2 aromatic rings. The van der Waals surface area contributed by atoms with E-state index in [1.807, 2.05) is 18.0 Å². The molecule has 2 rings (SSSR count). The monoisotopic (exact) mass is 250 g/mol. The summed E-state index contributed by atoms with van der Waals surface area (Å²) in [7, 11) is 1.93. The average Bonchev–Trinajstić information content (AvgIpc) is 2.29. The van der Waals surface area contributed by atoms with E-state index in [9.17, 15) is 4.39 Å². The van der Waals surface area contributed by atoms with Crippen LogP contribution in [0.4, 0.5) is 10.1 Å². The smallest absolute Gasteiger partial charge is 0.123 e. The molecule has 0 aliphatic carbocycles. The minimum atomic E-state index is -0.233. The van der Waals surface area contributed by atoms with Gasteiger partial charge in [-0.15, -0.1) is 0 Å². The highest BCUT2D eigenvalue weighted by Gasteiger charge is 2.03. The first-order valence-corrected chi connectivity index (χ1v) is 5.60. The molecular weight excluding hydrogens is 239 g/mol. The standard InChI is InChI=1S/C13H12ClFN2/c1-17(13-4-2-11(15)3-5-13)9-12-8-10(14)6-7-16-12/h2-8H,9H2,1H3. The summed E-state index contributed by atoms with van der Waals surface area (Å²) in [6.07, 6.45) is 1.68. The number of nitrogens with zero attached hydrogens (tertiary/aromatic N) is 2. The molecule has 0 fully saturated rings. The Morgan fingerprint density at radius 2 is 1.94 bits per heavy atom. The highest BCUT2D eigenvalue weighted by Crippen LogP contribution is 2.16. The number of rotatable bonds is 3. The molecule has 0 saturated heterocycles. The summed E-state index contributed by atoms with van der Waals surface area (Å²) in [5, 5.41) is 0.669. The van der Waals surface area contributed by atoms with Crippen LogP contribution in [-0.2, 0) is 6.54 Å². The molecule has 2 nitrogen and oxygen atoms in total. The van der Waals surface area contributed by atoms with Gasteiger partial charge in [-0.3, -0.25) is 4.98 Å². The molecule has 0 saturated carbocycles. The molecule has 0 spiro atoms. The van der Waals surface area contributed by atoms with Crippen LogP contribution in [0.15, 0.2) is 42.6 Å². The van der Waals surface area contributed by atoms with Gasteiger partial charge in [-0.05, 0) is 36.4 Å². The topological polar surface area (TPSA) is 16.1 Å². The van der Waals surface area contributed by atoms with E-state index in [-0.39, 0.29) is 5.82 Å². The van der Waals surface area contributed by atoms with Crippen molar-refractivity contribution in [2.24, 2.45) is 0 Å². The number of halogens is 2. The van der Waals surface area contributed by atoms with E-state index in [1.165, 1.54) is 12.1 Å². The van der Waals surface area contributed by atoms with Crippen LogP contribution in [0.3, 0.4) is 0 Å². The molecule has 88 valence electrons. The molecular formula is C13H12ClFN2. The summed E-state index contributed by atoms with van der Waals surface area (Å²) < 4.78 is 12.8. The molecule has 4 heteroatoms. The maximum Gasteiger partial charge on any atom is 0.123 e. The Balaban J connectivity index is 2.11. The Labute approximate surface area is 105 Å². The fraction of sp³-hybridized carbons (Fsp3) is 0.154. The molecule has 0 bridgehead atoms. The lowest BCUT2D eigenvalue weighted by molar-refractivity contribution is 0.627. The van der Waals surface area contributed by atoms with Gasteiger partial charge in [0.2, 0.25) is 0 Å². The van der Waals surface area contributed by atoms with Gasteiger partial charge in [0, 0.05) is 24.0 Å². The third-order valence-corrected chi connectivity index (χ3v) is 2.68. The Hall–Kier alpha value is -1.61. The van der Waals surface area contributed by atoms with Crippen molar-refractivity contribution in [2.45, 2.75) is 6.54 Å². The molecule has 0 unspecified atom stereocenters. The van der Waals surface area contributed by atoms with Crippen LogP contribution in [0.1, 0.15) is 5.69 Å². The SMILES string of the molecule is CN(Cc1cc(Cl)ccn1)c1ccc(F)cc1. The number of hydrogen-bond acceptors (Lipinski definition) is 2. The van der Waals surface area contributed by atoms with Gasteiger partial charge in [-0.2, -0.15) is 0 Å². The molecule has 0 N–H and O–H groups in total. The van der Waals surface area contributed by atoms with E-state index >= 15 is 0 Å². The van der Waals surface area contributed by atoms with Crippen molar-refractivity contribution in [3.05, 3.63) is 59.1 Å². The minimum absolute atomic E-state index is 0.233. The number of aromatic nitrogens is 1. The fourth-order valence-corrected chi connectivity index (χ4v) is 1.75. The van der Waals surface area contributed by atoms with E-state index in [1.54, 1.807) is 24.4 Å². The molecule has 1 aromatic carbocycles. The van der Waals surface area contributed by atoms with Crippen molar-refractivity contribution >= 4 is 17.3 Å². The molecule has 0 aliphatic heterocycles. The van der Waals surface area contributed by atoms with E-state index < -0.39 is 0 Å². The maximum atomic E-state index is 12.8. The minimum Gasteiger partial charge on any atom is -0.369 e. The van der Waals surface area contributed by atoms with Gasteiger partial charge in [0.25, 0.3) is 0 Å². The molecule has 0 atom stereocenters. The van der Waals surface area contributed by atoms with Crippen molar-refractivity contribution in [3.8, 4) is 0 Å². The Morgan fingerprint density at radius 3 is 2.59 bits per heavy atom. The van der Waals surface area contributed by atoms with Crippen LogP contribution in [0, 0.1) is 5.82 Å². The molecule has 0 amide bonds. The highest BCUT2D eigenvalue weighted by atomic mass is 35.5. The molecule has 17 heavy (non-hydrogen) atoms. The van der Waals surface area contributed by atoms with E-state index in [0.29, 0.717) is 11.6 Å². The molecule has 1 heterocycles. The van der Waals surface area contributed by atoms with Crippen molar-refractivity contribution in [2.75, 3.05) is 11.9 Å². The van der Waals surface area contributed by atoms with Crippen LogP contribution in [0.25, 0.3) is 0 Å². The first-order valence-electron chi connectivity index (χ1n) is 5.22. The Kier molecular flexibility index (Phi) is 3.59. The van der Waals surface area contributed by atoms with Gasteiger partial charge in [0.1, 0.15) is 5.82 Å². The summed E-state index contributed by atoms with van der Waals surface area (Å²) in [5.74, 6) is -0.233.